The summed E-state index contributed by atoms with van der Waals surface area (Å²) in [7, 11) is -4.05. The minimum Gasteiger partial charge on any atom is -0.326 e. The van der Waals surface area contributed by atoms with Gasteiger partial charge >= 0.3 is 0 Å². The zero-order valence-electron chi connectivity index (χ0n) is 21.5. The van der Waals surface area contributed by atoms with Gasteiger partial charge in [0.2, 0.25) is 20.9 Å². The second-order valence-corrected chi connectivity index (χ2v) is 11.5. The molecule has 3 aromatic heterocycles. The number of sulfone groups is 1. The Bertz CT molecular complexity index is 2000. The summed E-state index contributed by atoms with van der Waals surface area (Å²) in [4.78, 5) is 37.9. The summed E-state index contributed by atoms with van der Waals surface area (Å²) in [6.45, 7) is 1.74. The number of carbonyl (C=O) groups is 1. The summed E-state index contributed by atoms with van der Waals surface area (Å²) in [6, 6.07) is 13.7. The fraction of sp³-hybridized carbons (Fsp3) is 0.107. The summed E-state index contributed by atoms with van der Waals surface area (Å²) in [5, 5.41) is 2.58. The molecular weight excluding hydrogens is 576 g/mol. The number of carbonyl (C=O) groups excluding carboxylic acids is 1. The Morgan fingerprint density at radius 1 is 1.02 bits per heavy atom. The molecule has 1 amide bonds. The second-order valence-electron chi connectivity index (χ2n) is 9.19. The second kappa shape index (κ2) is 10.8. The van der Waals surface area contributed by atoms with Crippen molar-refractivity contribution in [1.82, 2.24) is 19.5 Å². The van der Waals surface area contributed by atoms with E-state index in [1.54, 1.807) is 37.3 Å². The number of aromatic nitrogens is 4. The summed E-state index contributed by atoms with van der Waals surface area (Å²) in [5.41, 5.74) is 0.275. The number of pyridine rings is 2. The normalized spacial score (nSPS) is 11.5. The van der Waals surface area contributed by atoms with Crippen LogP contribution in [-0.2, 0) is 21.1 Å². The Kier molecular flexibility index (Phi) is 7.37. The molecule has 0 aliphatic carbocycles. The first-order valence-corrected chi connectivity index (χ1v) is 14.3. The number of anilines is 1. The largest absolute Gasteiger partial charge is 0.326 e. The summed E-state index contributed by atoms with van der Waals surface area (Å²) in [5.74, 6) is -2.44. The molecule has 0 unspecified atom stereocenters. The predicted octanol–water partition coefficient (Wildman–Crippen LogP) is 4.67. The quantitative estimate of drug-likeness (QED) is 0.223. The molecule has 0 spiro atoms. The number of fused-ring (bicyclic) bond motifs is 1. The zero-order chi connectivity index (χ0) is 29.5. The first-order valence-electron chi connectivity index (χ1n) is 12.0. The van der Waals surface area contributed by atoms with E-state index in [1.807, 2.05) is 0 Å². The molecule has 9 nitrogen and oxygen atoms in total. The number of hydrogen-bond donors (Lipinski definition) is 1. The van der Waals surface area contributed by atoms with Crippen LogP contribution in [0.5, 0.6) is 0 Å². The van der Waals surface area contributed by atoms with Crippen molar-refractivity contribution < 1.29 is 22.0 Å². The van der Waals surface area contributed by atoms with Gasteiger partial charge < -0.3 is 5.32 Å². The number of nitrogens with zero attached hydrogens (tertiary/aromatic N) is 4. The number of amides is 1. The number of aryl methyl sites for hydroxylation is 1. The van der Waals surface area contributed by atoms with Crippen LogP contribution in [0.25, 0.3) is 28.0 Å². The molecule has 41 heavy (non-hydrogen) atoms. The molecule has 208 valence electrons. The van der Waals surface area contributed by atoms with Crippen LogP contribution in [0.1, 0.15) is 11.1 Å². The molecule has 0 radical (unpaired) electrons. The van der Waals surface area contributed by atoms with E-state index in [-0.39, 0.29) is 29.1 Å². The number of nitrogens with one attached hydrogen (secondary N) is 1. The summed E-state index contributed by atoms with van der Waals surface area (Å²) < 4.78 is 55.5. The van der Waals surface area contributed by atoms with Crippen LogP contribution in [0.2, 0.25) is 5.15 Å². The number of rotatable bonds is 6. The van der Waals surface area contributed by atoms with Crippen LogP contribution in [0, 0.1) is 18.6 Å². The number of benzene rings is 2. The van der Waals surface area contributed by atoms with E-state index in [0.29, 0.717) is 32.1 Å². The maximum Gasteiger partial charge on any atom is 0.256 e. The minimum atomic E-state index is -4.05. The van der Waals surface area contributed by atoms with Crippen LogP contribution in [0.4, 0.5) is 14.5 Å². The fourth-order valence-electron chi connectivity index (χ4n) is 4.24. The number of para-hydroxylation sites is 1. The van der Waals surface area contributed by atoms with Crippen LogP contribution in [0.3, 0.4) is 0 Å². The Hall–Kier alpha value is -4.55. The van der Waals surface area contributed by atoms with Gasteiger partial charge in [-0.15, -0.1) is 0 Å². The third-order valence-corrected chi connectivity index (χ3v) is 7.22. The fourth-order valence-corrected chi connectivity index (χ4v) is 4.86. The monoisotopic (exact) mass is 595 g/mol. The zero-order valence-corrected chi connectivity index (χ0v) is 23.1. The van der Waals surface area contributed by atoms with Crippen molar-refractivity contribution >= 4 is 44.1 Å². The Labute approximate surface area is 237 Å². The highest BCUT2D eigenvalue weighted by molar-refractivity contribution is 7.90. The van der Waals surface area contributed by atoms with E-state index < -0.39 is 37.9 Å². The standard InChI is InChI=1S/C28H20ClF2N5O4S/c1-15-6-8-17(33-23(37)12-16-7-10-22(29)32-14-16)13-19(15)25-18-9-11-24(38)36(26-20(30)4-3-5-21(26)31)27(18)35-28(34-25)41(2,39)40/h3-11,13-14H,12H2,1-2H3,(H,33,37). The Balaban J connectivity index is 1.69. The molecule has 3 heterocycles. The van der Waals surface area contributed by atoms with Crippen molar-refractivity contribution in [3.05, 3.63) is 105 Å². The molecule has 2 aromatic carbocycles. The van der Waals surface area contributed by atoms with Crippen LogP contribution >= 0.6 is 11.6 Å². The van der Waals surface area contributed by atoms with E-state index in [0.717, 1.165) is 30.5 Å². The molecular formula is C28H20ClF2N5O4S. The van der Waals surface area contributed by atoms with Gasteiger partial charge in [-0.25, -0.2) is 27.2 Å². The maximum atomic E-state index is 14.8. The molecule has 0 saturated carbocycles. The molecule has 0 aliphatic heterocycles. The average molecular weight is 596 g/mol. The van der Waals surface area contributed by atoms with E-state index in [2.05, 4.69) is 20.3 Å². The Morgan fingerprint density at radius 2 is 1.76 bits per heavy atom. The van der Waals surface area contributed by atoms with Gasteiger partial charge in [0.15, 0.2) is 5.65 Å². The molecule has 0 atom stereocenters. The molecule has 13 heteroatoms. The van der Waals surface area contributed by atoms with E-state index in [1.165, 1.54) is 12.3 Å². The molecule has 0 saturated heterocycles. The van der Waals surface area contributed by atoms with Crippen molar-refractivity contribution in [2.75, 3.05) is 11.6 Å². The highest BCUT2D eigenvalue weighted by atomic mass is 35.5. The van der Waals surface area contributed by atoms with Gasteiger partial charge in [0.1, 0.15) is 22.5 Å². The lowest BCUT2D eigenvalue weighted by Gasteiger charge is -2.16. The maximum absolute atomic E-state index is 14.8. The van der Waals surface area contributed by atoms with Gasteiger partial charge in [-0.3, -0.25) is 14.2 Å². The SMILES string of the molecule is Cc1ccc(NC(=O)Cc2ccc(Cl)nc2)cc1-c1nc(S(C)(=O)=O)nc2c1ccc(=O)n2-c1c(F)cccc1F. The molecule has 0 aliphatic rings. The van der Waals surface area contributed by atoms with Crippen LogP contribution in [-0.4, -0.2) is 40.1 Å². The smallest absolute Gasteiger partial charge is 0.256 e. The topological polar surface area (TPSA) is 124 Å². The minimum absolute atomic E-state index is 0.0164. The lowest BCUT2D eigenvalue weighted by Crippen LogP contribution is -2.22. The first-order chi connectivity index (χ1) is 19.4. The van der Waals surface area contributed by atoms with E-state index >= 15 is 0 Å². The highest BCUT2D eigenvalue weighted by Crippen LogP contribution is 2.32. The first kappa shape index (κ1) is 28.0. The third-order valence-electron chi connectivity index (χ3n) is 6.15. The van der Waals surface area contributed by atoms with Gasteiger partial charge in [-0.2, -0.15) is 4.98 Å². The molecule has 1 N–H and O–H groups in total. The molecule has 0 fully saturated rings. The van der Waals surface area contributed by atoms with Crippen molar-refractivity contribution in [2.45, 2.75) is 18.5 Å². The summed E-state index contributed by atoms with van der Waals surface area (Å²) >= 11 is 5.80. The van der Waals surface area contributed by atoms with Crippen molar-refractivity contribution in [2.24, 2.45) is 0 Å². The van der Waals surface area contributed by atoms with Crippen LogP contribution < -0.4 is 10.9 Å². The lowest BCUT2D eigenvalue weighted by atomic mass is 10.0. The molecule has 0 bridgehead atoms. The predicted molar refractivity (Wildman–Crippen MR) is 150 cm³/mol. The van der Waals surface area contributed by atoms with Crippen molar-refractivity contribution in [3.63, 3.8) is 0 Å². The van der Waals surface area contributed by atoms with E-state index in [9.17, 15) is 26.8 Å². The van der Waals surface area contributed by atoms with Gasteiger partial charge in [0.25, 0.3) is 5.56 Å². The van der Waals surface area contributed by atoms with Crippen molar-refractivity contribution in [1.29, 1.82) is 0 Å². The molecule has 5 rings (SSSR count). The summed E-state index contributed by atoms with van der Waals surface area (Å²) in [6.07, 6.45) is 2.38. The van der Waals surface area contributed by atoms with Gasteiger partial charge in [-0.05, 0) is 54.4 Å². The molecule has 5 aromatic rings. The highest BCUT2D eigenvalue weighted by Gasteiger charge is 2.23. The van der Waals surface area contributed by atoms with Gasteiger partial charge in [0, 0.05) is 35.2 Å². The average Bonchev–Trinajstić information content (AvgIpc) is 2.91. The van der Waals surface area contributed by atoms with Gasteiger partial charge in [0.05, 0.1) is 12.1 Å². The number of halogens is 3. The lowest BCUT2D eigenvalue weighted by molar-refractivity contribution is -0.115. The van der Waals surface area contributed by atoms with Gasteiger partial charge in [-0.1, -0.05) is 29.8 Å². The van der Waals surface area contributed by atoms with Crippen molar-refractivity contribution in [3.8, 4) is 16.9 Å². The number of hydrogen-bond acceptors (Lipinski definition) is 7. The third kappa shape index (κ3) is 5.70. The van der Waals surface area contributed by atoms with Crippen LogP contribution in [0.15, 0.2) is 76.8 Å². The Morgan fingerprint density at radius 3 is 2.41 bits per heavy atom. The van der Waals surface area contributed by atoms with E-state index in [4.69, 9.17) is 11.6 Å².